The van der Waals surface area contributed by atoms with Gasteiger partial charge in [-0.3, -0.25) is 9.67 Å². The van der Waals surface area contributed by atoms with E-state index in [2.05, 4.69) is 20.1 Å². The highest BCUT2D eigenvalue weighted by Gasteiger charge is 2.18. The van der Waals surface area contributed by atoms with E-state index in [1.165, 1.54) is 0 Å². The van der Waals surface area contributed by atoms with Crippen molar-refractivity contribution in [2.45, 2.75) is 19.1 Å². The molecule has 1 unspecified atom stereocenters. The second kappa shape index (κ2) is 6.76. The lowest BCUT2D eigenvalue weighted by molar-refractivity contribution is 0.366. The van der Waals surface area contributed by atoms with Crippen LogP contribution >= 0.6 is 0 Å². The first-order valence-corrected chi connectivity index (χ1v) is 8.06. The van der Waals surface area contributed by atoms with Gasteiger partial charge in [-0.1, -0.05) is 18.2 Å². The van der Waals surface area contributed by atoms with Gasteiger partial charge in [-0.25, -0.2) is 14.4 Å². The first-order valence-electron chi connectivity index (χ1n) is 8.06. The molecule has 6 heteroatoms. The van der Waals surface area contributed by atoms with Crippen LogP contribution in [0, 0.1) is 0 Å². The molecule has 1 atom stereocenters. The Morgan fingerprint density at radius 2 is 1.92 bits per heavy atom. The normalized spacial score (nSPS) is 16.7. The van der Waals surface area contributed by atoms with Crippen LogP contribution < -0.4 is 0 Å². The van der Waals surface area contributed by atoms with Crippen LogP contribution in [0.15, 0.2) is 72.9 Å². The van der Waals surface area contributed by atoms with Crippen LogP contribution in [0.3, 0.4) is 0 Å². The molecular weight excluding hydrogens is 317 g/mol. The number of rotatable bonds is 4. The standard InChI is InChI=1S/C19H16FN5/c20-16-5-2-1-4-15(16)13-25-18(14-6-10-21-11-7-14)12-17(24-25)19-22-8-3-9-23-19/h1-4,6-12,16H,5,13H2. The van der Waals surface area contributed by atoms with Gasteiger partial charge in [0.1, 0.15) is 11.9 Å². The van der Waals surface area contributed by atoms with Gasteiger partial charge >= 0.3 is 0 Å². The minimum atomic E-state index is -0.976. The van der Waals surface area contributed by atoms with Crippen molar-refractivity contribution in [2.24, 2.45) is 0 Å². The van der Waals surface area contributed by atoms with E-state index in [0.29, 0.717) is 30.1 Å². The van der Waals surface area contributed by atoms with E-state index in [4.69, 9.17) is 0 Å². The van der Waals surface area contributed by atoms with Crippen molar-refractivity contribution in [3.63, 3.8) is 0 Å². The highest BCUT2D eigenvalue weighted by Crippen LogP contribution is 2.26. The molecule has 3 aromatic rings. The Kier molecular flexibility index (Phi) is 4.16. The van der Waals surface area contributed by atoms with Crippen molar-refractivity contribution in [3.05, 3.63) is 72.9 Å². The Morgan fingerprint density at radius 1 is 1.12 bits per heavy atom. The molecule has 3 aromatic heterocycles. The van der Waals surface area contributed by atoms with Gasteiger partial charge in [0.2, 0.25) is 0 Å². The molecule has 5 nitrogen and oxygen atoms in total. The largest absolute Gasteiger partial charge is 0.265 e. The maximum atomic E-state index is 14.2. The summed E-state index contributed by atoms with van der Waals surface area (Å²) >= 11 is 0. The predicted octanol–water partition coefficient (Wildman–Crippen LogP) is 3.63. The number of nitrogens with zero attached hydrogens (tertiary/aromatic N) is 5. The van der Waals surface area contributed by atoms with E-state index in [9.17, 15) is 4.39 Å². The lowest BCUT2D eigenvalue weighted by atomic mass is 10.0. The zero-order valence-electron chi connectivity index (χ0n) is 13.5. The molecule has 0 fully saturated rings. The SMILES string of the molecule is FC1CC=CC=C1Cn1nc(-c2ncccn2)cc1-c1ccncc1. The van der Waals surface area contributed by atoms with Crippen LogP contribution in [0.5, 0.6) is 0 Å². The molecule has 25 heavy (non-hydrogen) atoms. The number of halogens is 1. The van der Waals surface area contributed by atoms with E-state index in [-0.39, 0.29) is 0 Å². The van der Waals surface area contributed by atoms with Gasteiger partial charge in [0, 0.05) is 36.8 Å². The van der Waals surface area contributed by atoms with Crippen molar-refractivity contribution in [1.82, 2.24) is 24.7 Å². The molecule has 0 radical (unpaired) electrons. The van der Waals surface area contributed by atoms with Crippen LogP contribution in [0.1, 0.15) is 6.42 Å². The summed E-state index contributed by atoms with van der Waals surface area (Å²) in [6.45, 7) is 0.385. The lowest BCUT2D eigenvalue weighted by Gasteiger charge is -2.15. The molecule has 124 valence electrons. The molecule has 1 aliphatic rings. The summed E-state index contributed by atoms with van der Waals surface area (Å²) in [5.74, 6) is 0.547. The fourth-order valence-electron chi connectivity index (χ4n) is 2.80. The maximum absolute atomic E-state index is 14.2. The first-order chi connectivity index (χ1) is 12.3. The smallest absolute Gasteiger partial charge is 0.180 e. The molecule has 0 bridgehead atoms. The highest BCUT2D eigenvalue weighted by atomic mass is 19.1. The summed E-state index contributed by atoms with van der Waals surface area (Å²) in [5, 5.41) is 4.63. The van der Waals surface area contributed by atoms with E-state index in [1.54, 1.807) is 35.5 Å². The Balaban J connectivity index is 1.77. The molecule has 0 spiro atoms. The third kappa shape index (κ3) is 3.24. The number of alkyl halides is 1. The third-order valence-corrected chi connectivity index (χ3v) is 4.08. The molecule has 0 saturated carbocycles. The van der Waals surface area contributed by atoms with Crippen LogP contribution in [0.25, 0.3) is 22.8 Å². The number of hydrogen-bond donors (Lipinski definition) is 0. The summed E-state index contributed by atoms with van der Waals surface area (Å²) in [6.07, 6.45) is 11.8. The molecular formula is C19H16FN5. The zero-order valence-corrected chi connectivity index (χ0v) is 13.5. The predicted molar refractivity (Wildman–Crippen MR) is 93.2 cm³/mol. The average Bonchev–Trinajstić information content (AvgIpc) is 3.09. The Labute approximate surface area is 144 Å². The van der Waals surface area contributed by atoms with Crippen molar-refractivity contribution < 1.29 is 4.39 Å². The Hall–Kier alpha value is -3.15. The minimum absolute atomic E-state index is 0.385. The number of allylic oxidation sites excluding steroid dienone is 4. The molecule has 0 amide bonds. The van der Waals surface area contributed by atoms with Crippen molar-refractivity contribution in [1.29, 1.82) is 0 Å². The third-order valence-electron chi connectivity index (χ3n) is 4.08. The molecule has 0 aliphatic heterocycles. The van der Waals surface area contributed by atoms with E-state index in [0.717, 1.165) is 11.3 Å². The maximum Gasteiger partial charge on any atom is 0.180 e. The summed E-state index contributed by atoms with van der Waals surface area (Å²) in [7, 11) is 0. The minimum Gasteiger partial charge on any atom is -0.265 e. The number of aromatic nitrogens is 5. The molecule has 4 rings (SSSR count). The summed E-state index contributed by atoms with van der Waals surface area (Å²) < 4.78 is 16.0. The van der Waals surface area contributed by atoms with Gasteiger partial charge in [0.05, 0.1) is 12.2 Å². The lowest BCUT2D eigenvalue weighted by Crippen LogP contribution is -2.14. The summed E-state index contributed by atoms with van der Waals surface area (Å²) in [4.78, 5) is 12.6. The van der Waals surface area contributed by atoms with Crippen LogP contribution in [-0.4, -0.2) is 30.9 Å². The van der Waals surface area contributed by atoms with Gasteiger partial charge in [-0.05, 0) is 29.8 Å². The van der Waals surface area contributed by atoms with Gasteiger partial charge in [0.15, 0.2) is 5.82 Å². The van der Waals surface area contributed by atoms with E-state index < -0.39 is 6.17 Å². The van der Waals surface area contributed by atoms with Gasteiger partial charge in [0.25, 0.3) is 0 Å². The van der Waals surface area contributed by atoms with E-state index in [1.807, 2.05) is 36.4 Å². The second-order valence-corrected chi connectivity index (χ2v) is 5.75. The molecule has 0 saturated heterocycles. The Bertz CT molecular complexity index is 916. The van der Waals surface area contributed by atoms with Crippen molar-refractivity contribution in [2.75, 3.05) is 0 Å². The first kappa shape index (κ1) is 15.4. The van der Waals surface area contributed by atoms with Gasteiger partial charge in [-0.15, -0.1) is 0 Å². The topological polar surface area (TPSA) is 56.5 Å². The molecule has 0 aromatic carbocycles. The molecule has 0 N–H and O–H groups in total. The number of pyridine rings is 1. The van der Waals surface area contributed by atoms with Gasteiger partial charge in [-0.2, -0.15) is 5.10 Å². The van der Waals surface area contributed by atoms with E-state index >= 15 is 0 Å². The summed E-state index contributed by atoms with van der Waals surface area (Å²) in [5.41, 5.74) is 3.22. The van der Waals surface area contributed by atoms with Crippen LogP contribution in [0.2, 0.25) is 0 Å². The Morgan fingerprint density at radius 3 is 2.68 bits per heavy atom. The quantitative estimate of drug-likeness (QED) is 0.732. The zero-order chi connectivity index (χ0) is 17.1. The fourth-order valence-corrected chi connectivity index (χ4v) is 2.80. The monoisotopic (exact) mass is 333 g/mol. The molecule has 3 heterocycles. The summed E-state index contributed by atoms with van der Waals surface area (Å²) in [6, 6.07) is 7.50. The average molecular weight is 333 g/mol. The second-order valence-electron chi connectivity index (χ2n) is 5.75. The highest BCUT2D eigenvalue weighted by molar-refractivity contribution is 5.65. The fraction of sp³-hybridized carbons (Fsp3) is 0.158. The van der Waals surface area contributed by atoms with Crippen molar-refractivity contribution in [3.8, 4) is 22.8 Å². The van der Waals surface area contributed by atoms with Crippen LogP contribution in [-0.2, 0) is 6.54 Å². The van der Waals surface area contributed by atoms with Crippen LogP contribution in [0.4, 0.5) is 4.39 Å². The van der Waals surface area contributed by atoms with Crippen molar-refractivity contribution >= 4 is 0 Å². The molecule has 1 aliphatic carbocycles. The van der Waals surface area contributed by atoms with Gasteiger partial charge < -0.3 is 0 Å². The number of hydrogen-bond acceptors (Lipinski definition) is 4.